The standard InChI is InChI=1S/C25H27F2N7/c1-15(2)24-18-12-16(4-6-21(18)32-33(24)3)23-19(27)13-28-25(31-23)30-22-7-5-17-14-34(11-9-26)10-8-20(17)29-22/h4-7,12-13,15H,8-11,14H2,1-3H3,(H,28,29,30,31). The fourth-order valence-electron chi connectivity index (χ4n) is 4.65. The molecule has 1 aliphatic rings. The minimum absolute atomic E-state index is 0.220. The van der Waals surface area contributed by atoms with Crippen LogP contribution < -0.4 is 5.32 Å². The van der Waals surface area contributed by atoms with Crippen molar-refractivity contribution in [3.63, 3.8) is 0 Å². The molecule has 0 amide bonds. The smallest absolute Gasteiger partial charge is 0.229 e. The van der Waals surface area contributed by atoms with Crippen molar-refractivity contribution in [2.45, 2.75) is 32.7 Å². The first-order chi connectivity index (χ1) is 16.4. The molecule has 0 radical (unpaired) electrons. The van der Waals surface area contributed by atoms with Crippen LogP contribution in [0.4, 0.5) is 20.5 Å². The molecule has 0 fully saturated rings. The second-order valence-electron chi connectivity index (χ2n) is 8.93. The highest BCUT2D eigenvalue weighted by atomic mass is 19.1. The van der Waals surface area contributed by atoms with Gasteiger partial charge in [-0.15, -0.1) is 0 Å². The molecular formula is C25H27F2N7. The average Bonchev–Trinajstić information content (AvgIpc) is 3.15. The van der Waals surface area contributed by atoms with Gasteiger partial charge in [0.2, 0.25) is 5.95 Å². The van der Waals surface area contributed by atoms with E-state index in [0.717, 1.165) is 40.8 Å². The number of nitrogens with zero attached hydrogens (tertiary/aromatic N) is 6. The van der Waals surface area contributed by atoms with Gasteiger partial charge in [0.15, 0.2) is 5.82 Å². The van der Waals surface area contributed by atoms with E-state index in [1.165, 1.54) is 6.20 Å². The van der Waals surface area contributed by atoms with Crippen LogP contribution in [0.1, 0.15) is 36.7 Å². The van der Waals surface area contributed by atoms with Crippen LogP contribution in [0.2, 0.25) is 0 Å². The first-order valence-corrected chi connectivity index (χ1v) is 11.5. The van der Waals surface area contributed by atoms with Crippen LogP contribution >= 0.6 is 0 Å². The minimum atomic E-state index is -0.494. The summed E-state index contributed by atoms with van der Waals surface area (Å²) < 4.78 is 29.3. The van der Waals surface area contributed by atoms with Gasteiger partial charge in [0.25, 0.3) is 0 Å². The van der Waals surface area contributed by atoms with Crippen LogP contribution in [0, 0.1) is 5.82 Å². The number of nitrogens with one attached hydrogen (secondary N) is 1. The molecule has 0 unspecified atom stereocenters. The van der Waals surface area contributed by atoms with Crippen LogP contribution in [-0.2, 0) is 20.0 Å². The summed E-state index contributed by atoms with van der Waals surface area (Å²) in [5.74, 6) is 0.650. The normalized spacial score (nSPS) is 14.1. The third-order valence-corrected chi connectivity index (χ3v) is 6.21. The Kier molecular flexibility index (Phi) is 5.95. The zero-order chi connectivity index (χ0) is 23.8. The largest absolute Gasteiger partial charge is 0.309 e. The van der Waals surface area contributed by atoms with E-state index < -0.39 is 5.82 Å². The molecule has 9 heteroatoms. The van der Waals surface area contributed by atoms with Crippen molar-refractivity contribution in [3.8, 4) is 11.3 Å². The Balaban J connectivity index is 1.43. The summed E-state index contributed by atoms with van der Waals surface area (Å²) in [6, 6.07) is 9.49. The van der Waals surface area contributed by atoms with Crippen LogP contribution in [0.25, 0.3) is 22.2 Å². The van der Waals surface area contributed by atoms with E-state index in [0.29, 0.717) is 24.5 Å². The lowest BCUT2D eigenvalue weighted by atomic mass is 10.0. The number of hydrogen-bond donors (Lipinski definition) is 1. The molecule has 0 aliphatic carbocycles. The Hall–Kier alpha value is -3.46. The molecule has 4 aromatic rings. The van der Waals surface area contributed by atoms with Crippen molar-refractivity contribution in [2.75, 3.05) is 25.1 Å². The van der Waals surface area contributed by atoms with Gasteiger partial charge < -0.3 is 5.32 Å². The van der Waals surface area contributed by atoms with Gasteiger partial charge in [-0.2, -0.15) is 5.10 Å². The van der Waals surface area contributed by atoms with Crippen molar-refractivity contribution in [2.24, 2.45) is 7.05 Å². The second-order valence-corrected chi connectivity index (χ2v) is 8.93. The van der Waals surface area contributed by atoms with Crippen LogP contribution in [0.3, 0.4) is 0 Å². The molecule has 0 spiro atoms. The predicted molar refractivity (Wildman–Crippen MR) is 128 cm³/mol. The summed E-state index contributed by atoms with van der Waals surface area (Å²) in [6.07, 6.45) is 1.93. The molecule has 7 nitrogen and oxygen atoms in total. The first-order valence-electron chi connectivity index (χ1n) is 11.5. The number of rotatable bonds is 6. The van der Waals surface area contributed by atoms with E-state index in [4.69, 9.17) is 0 Å². The molecule has 0 atom stereocenters. The highest BCUT2D eigenvalue weighted by molar-refractivity contribution is 5.86. The van der Waals surface area contributed by atoms with Crippen molar-refractivity contribution in [1.82, 2.24) is 29.6 Å². The highest BCUT2D eigenvalue weighted by Crippen LogP contribution is 2.30. The highest BCUT2D eigenvalue weighted by Gasteiger charge is 2.19. The Morgan fingerprint density at radius 1 is 1.15 bits per heavy atom. The summed E-state index contributed by atoms with van der Waals surface area (Å²) >= 11 is 0. The van der Waals surface area contributed by atoms with E-state index in [1.807, 2.05) is 42.1 Å². The van der Waals surface area contributed by atoms with Crippen molar-refractivity contribution < 1.29 is 8.78 Å². The molecule has 3 aromatic heterocycles. The molecule has 1 N–H and O–H groups in total. The van der Waals surface area contributed by atoms with Gasteiger partial charge in [-0.05, 0) is 29.7 Å². The van der Waals surface area contributed by atoms with Crippen LogP contribution in [0.15, 0.2) is 36.5 Å². The van der Waals surface area contributed by atoms with E-state index >= 15 is 0 Å². The number of benzene rings is 1. The van der Waals surface area contributed by atoms with Crippen molar-refractivity contribution in [1.29, 1.82) is 0 Å². The Morgan fingerprint density at radius 2 is 2.00 bits per heavy atom. The zero-order valence-corrected chi connectivity index (χ0v) is 19.5. The molecule has 34 heavy (non-hydrogen) atoms. The van der Waals surface area contributed by atoms with Crippen molar-refractivity contribution >= 4 is 22.7 Å². The number of halogens is 2. The summed E-state index contributed by atoms with van der Waals surface area (Å²) in [5, 5.41) is 8.66. The summed E-state index contributed by atoms with van der Waals surface area (Å²) in [4.78, 5) is 15.3. The van der Waals surface area contributed by atoms with E-state index in [-0.39, 0.29) is 24.2 Å². The van der Waals surface area contributed by atoms with Crippen LogP contribution in [0.5, 0.6) is 0 Å². The lowest BCUT2D eigenvalue weighted by Crippen LogP contribution is -2.32. The number of aromatic nitrogens is 5. The van der Waals surface area contributed by atoms with E-state index in [1.54, 1.807) is 0 Å². The van der Waals surface area contributed by atoms with Crippen LogP contribution in [-0.4, -0.2) is 49.4 Å². The number of anilines is 2. The monoisotopic (exact) mass is 463 g/mol. The Bertz CT molecular complexity index is 1350. The zero-order valence-electron chi connectivity index (χ0n) is 19.5. The first kappa shape index (κ1) is 22.3. The van der Waals surface area contributed by atoms with Gasteiger partial charge in [-0.25, -0.2) is 23.7 Å². The average molecular weight is 464 g/mol. The fraction of sp³-hybridized carbons (Fsp3) is 0.360. The van der Waals surface area contributed by atoms with E-state index in [2.05, 4.69) is 44.1 Å². The molecule has 5 rings (SSSR count). The molecule has 0 saturated carbocycles. The lowest BCUT2D eigenvalue weighted by molar-refractivity contribution is 0.229. The maximum Gasteiger partial charge on any atom is 0.229 e. The van der Waals surface area contributed by atoms with Gasteiger partial charge in [-0.3, -0.25) is 9.58 Å². The van der Waals surface area contributed by atoms with Gasteiger partial charge in [0, 0.05) is 55.4 Å². The molecule has 1 aliphatic heterocycles. The summed E-state index contributed by atoms with van der Waals surface area (Å²) in [5.41, 5.74) is 4.91. The number of alkyl halides is 1. The SMILES string of the molecule is CC(C)c1c2cc(-c3nc(Nc4ccc5c(n4)CCN(CCF)C5)ncc3F)ccc2nn1C. The van der Waals surface area contributed by atoms with Gasteiger partial charge in [0.05, 0.1) is 11.7 Å². The third-order valence-electron chi connectivity index (χ3n) is 6.21. The Labute approximate surface area is 196 Å². The maximum atomic E-state index is 14.8. The van der Waals surface area contributed by atoms with E-state index in [9.17, 15) is 8.78 Å². The quantitative estimate of drug-likeness (QED) is 0.445. The number of aryl methyl sites for hydroxylation is 1. The van der Waals surface area contributed by atoms with Gasteiger partial charge in [-0.1, -0.05) is 26.0 Å². The second kappa shape index (κ2) is 9.06. The minimum Gasteiger partial charge on any atom is -0.309 e. The number of hydrogen-bond acceptors (Lipinski definition) is 6. The molecular weight excluding hydrogens is 436 g/mol. The summed E-state index contributed by atoms with van der Waals surface area (Å²) in [6.45, 7) is 5.79. The molecule has 4 heterocycles. The lowest BCUT2D eigenvalue weighted by Gasteiger charge is -2.27. The Morgan fingerprint density at radius 3 is 2.79 bits per heavy atom. The number of pyridine rings is 1. The van der Waals surface area contributed by atoms with Gasteiger partial charge >= 0.3 is 0 Å². The number of fused-ring (bicyclic) bond motifs is 2. The van der Waals surface area contributed by atoms with Gasteiger partial charge in [0.1, 0.15) is 18.2 Å². The summed E-state index contributed by atoms with van der Waals surface area (Å²) in [7, 11) is 1.92. The molecule has 0 bridgehead atoms. The maximum absolute atomic E-state index is 14.8. The van der Waals surface area contributed by atoms with Crippen molar-refractivity contribution in [3.05, 3.63) is 59.3 Å². The molecule has 176 valence electrons. The fourth-order valence-corrected chi connectivity index (χ4v) is 4.65. The molecule has 0 saturated heterocycles. The topological polar surface area (TPSA) is 71.8 Å². The third kappa shape index (κ3) is 4.23. The predicted octanol–water partition coefficient (Wildman–Crippen LogP) is 4.76. The molecule has 1 aromatic carbocycles.